The van der Waals surface area contributed by atoms with Gasteiger partial charge < -0.3 is 20.2 Å². The second-order valence-electron chi connectivity index (χ2n) is 4.84. The van der Waals surface area contributed by atoms with Crippen LogP contribution < -0.4 is 15.8 Å². The molecule has 1 heterocycles. The summed E-state index contributed by atoms with van der Waals surface area (Å²) in [5.41, 5.74) is 4.87. The van der Waals surface area contributed by atoms with E-state index in [1.54, 1.807) is 6.92 Å². The Morgan fingerprint density at radius 3 is 2.75 bits per heavy atom. The van der Waals surface area contributed by atoms with E-state index >= 15 is 0 Å². The normalized spacial score (nSPS) is 11.6. The van der Waals surface area contributed by atoms with E-state index in [0.29, 0.717) is 5.75 Å². The fraction of sp³-hybridized carbons (Fsp3) is 0.214. The molecule has 1 unspecified atom stereocenters. The van der Waals surface area contributed by atoms with Crippen LogP contribution in [0.15, 0.2) is 34.9 Å². The van der Waals surface area contributed by atoms with Gasteiger partial charge in [-0.1, -0.05) is 0 Å². The van der Waals surface area contributed by atoms with Gasteiger partial charge in [0.1, 0.15) is 17.8 Å². The highest BCUT2D eigenvalue weighted by Crippen LogP contribution is 2.22. The number of ether oxygens (including phenoxy) is 1. The number of nitrogens with one attached hydrogen (secondary N) is 1. The number of nitrogens with two attached hydrogens (primary N) is 1. The summed E-state index contributed by atoms with van der Waals surface area (Å²) in [6, 6.07) is 3.55. The average molecular weight is 338 g/mol. The first-order valence-electron chi connectivity index (χ1n) is 6.81. The summed E-state index contributed by atoms with van der Waals surface area (Å²) in [4.78, 5) is 26.4. The van der Waals surface area contributed by atoms with E-state index in [0.717, 1.165) is 0 Å². The smallest absolute Gasteiger partial charge is 0.338 e. The number of benzene rings is 1. The first-order chi connectivity index (χ1) is 11.3. The number of hydrogen-bond donors (Lipinski definition) is 3. The molecule has 4 N–H and O–H groups in total. The zero-order chi connectivity index (χ0) is 17.7. The maximum atomic E-state index is 12.8. The molecule has 128 valence electrons. The van der Waals surface area contributed by atoms with Gasteiger partial charge in [-0.05, 0) is 31.2 Å². The van der Waals surface area contributed by atoms with E-state index in [1.807, 2.05) is 0 Å². The van der Waals surface area contributed by atoms with Gasteiger partial charge in [-0.2, -0.15) is 0 Å². The van der Waals surface area contributed by atoms with Crippen LogP contribution in [0, 0.1) is 5.82 Å². The van der Waals surface area contributed by atoms with Gasteiger partial charge in [-0.25, -0.2) is 19.2 Å². The summed E-state index contributed by atoms with van der Waals surface area (Å²) in [6.07, 6.45) is 1.19. The van der Waals surface area contributed by atoms with Crippen LogP contribution in [0.3, 0.4) is 0 Å². The summed E-state index contributed by atoms with van der Waals surface area (Å²) < 4.78 is 23.2. The molecule has 0 saturated carbocycles. The van der Waals surface area contributed by atoms with Crippen molar-refractivity contribution < 1.29 is 28.3 Å². The molecule has 10 heteroatoms. The van der Waals surface area contributed by atoms with Crippen molar-refractivity contribution in [3.63, 3.8) is 0 Å². The van der Waals surface area contributed by atoms with Gasteiger partial charge in [-0.15, -0.1) is 0 Å². The molecule has 0 saturated heterocycles. The molecule has 0 spiro atoms. The topological polar surface area (TPSA) is 131 Å². The number of carbonyl (C=O) groups excluding carboxylic acids is 2. The van der Waals surface area contributed by atoms with Gasteiger partial charge in [0.2, 0.25) is 0 Å². The molecule has 0 aliphatic carbocycles. The van der Waals surface area contributed by atoms with Crippen molar-refractivity contribution in [3.8, 4) is 11.7 Å². The molecule has 1 atom stereocenters. The number of urea groups is 1. The third-order valence-electron chi connectivity index (χ3n) is 2.79. The van der Waals surface area contributed by atoms with Gasteiger partial charge in [-0.3, -0.25) is 10.0 Å². The predicted octanol–water partition coefficient (Wildman–Crippen LogP) is 1.49. The number of hydroxylamine groups is 2. The van der Waals surface area contributed by atoms with Crippen molar-refractivity contribution in [3.05, 3.63) is 42.2 Å². The van der Waals surface area contributed by atoms with Gasteiger partial charge in [0.15, 0.2) is 0 Å². The van der Waals surface area contributed by atoms with Crippen LogP contribution in [0.4, 0.5) is 9.18 Å². The fourth-order valence-electron chi connectivity index (χ4n) is 1.71. The molecule has 0 aliphatic heterocycles. The van der Waals surface area contributed by atoms with Crippen molar-refractivity contribution in [2.45, 2.75) is 13.0 Å². The van der Waals surface area contributed by atoms with Gasteiger partial charge in [0.25, 0.3) is 5.89 Å². The summed E-state index contributed by atoms with van der Waals surface area (Å²) in [5.74, 6) is -1.11. The van der Waals surface area contributed by atoms with E-state index in [4.69, 9.17) is 14.9 Å². The van der Waals surface area contributed by atoms with Crippen LogP contribution in [0.1, 0.15) is 17.6 Å². The highest BCUT2D eigenvalue weighted by Gasteiger charge is 2.19. The van der Waals surface area contributed by atoms with Crippen LogP contribution in [0.5, 0.6) is 11.7 Å². The lowest BCUT2D eigenvalue weighted by molar-refractivity contribution is -0.0440. The molecule has 0 fully saturated rings. The maximum Gasteiger partial charge on any atom is 0.338 e. The van der Waals surface area contributed by atoms with Gasteiger partial charge in [0, 0.05) is 6.04 Å². The second-order valence-corrected chi connectivity index (χ2v) is 4.84. The molecule has 2 rings (SSSR count). The minimum absolute atomic E-state index is 0.0552. The van der Waals surface area contributed by atoms with Crippen molar-refractivity contribution in [2.24, 2.45) is 5.73 Å². The number of halogens is 1. The van der Waals surface area contributed by atoms with Gasteiger partial charge >= 0.3 is 17.9 Å². The van der Waals surface area contributed by atoms with E-state index in [2.05, 4.69) is 10.3 Å². The molecule has 0 bridgehead atoms. The van der Waals surface area contributed by atoms with E-state index in [1.165, 1.54) is 30.5 Å². The highest BCUT2D eigenvalue weighted by atomic mass is 19.1. The first kappa shape index (κ1) is 17.2. The van der Waals surface area contributed by atoms with Crippen molar-refractivity contribution in [2.75, 3.05) is 6.54 Å². The monoisotopic (exact) mass is 338 g/mol. The SMILES string of the molecule is CC(CN(O)C(N)=O)NC(=O)c1ncc(Oc2ccc(F)cc2)o1. The number of aromatic nitrogens is 1. The molecule has 2 aromatic rings. The summed E-state index contributed by atoms with van der Waals surface area (Å²) in [5, 5.41) is 11.9. The Hall–Kier alpha value is -3.14. The lowest BCUT2D eigenvalue weighted by Gasteiger charge is -2.17. The Morgan fingerprint density at radius 2 is 2.12 bits per heavy atom. The Kier molecular flexibility index (Phi) is 5.32. The summed E-state index contributed by atoms with van der Waals surface area (Å²) in [6.45, 7) is 1.34. The minimum Gasteiger partial charge on any atom is -0.425 e. The van der Waals surface area contributed by atoms with Crippen molar-refractivity contribution in [1.82, 2.24) is 15.4 Å². The Balaban J connectivity index is 1.93. The molecule has 24 heavy (non-hydrogen) atoms. The first-order valence-corrected chi connectivity index (χ1v) is 6.81. The van der Waals surface area contributed by atoms with Gasteiger partial charge in [0.05, 0.1) is 6.54 Å². The van der Waals surface area contributed by atoms with E-state index < -0.39 is 23.8 Å². The van der Waals surface area contributed by atoms with E-state index in [-0.39, 0.29) is 23.4 Å². The fourth-order valence-corrected chi connectivity index (χ4v) is 1.71. The minimum atomic E-state index is -1.04. The maximum absolute atomic E-state index is 12.8. The number of rotatable bonds is 6. The molecule has 1 aromatic heterocycles. The van der Waals surface area contributed by atoms with Crippen LogP contribution >= 0.6 is 0 Å². The Morgan fingerprint density at radius 1 is 1.46 bits per heavy atom. The third kappa shape index (κ3) is 4.68. The van der Waals surface area contributed by atoms with Crippen molar-refractivity contribution >= 4 is 11.9 Å². The van der Waals surface area contributed by atoms with Crippen molar-refractivity contribution in [1.29, 1.82) is 0 Å². The second kappa shape index (κ2) is 7.42. The summed E-state index contributed by atoms with van der Waals surface area (Å²) in [7, 11) is 0. The van der Waals surface area contributed by atoms with Crippen LogP contribution in [0.25, 0.3) is 0 Å². The lowest BCUT2D eigenvalue weighted by Crippen LogP contribution is -2.44. The summed E-state index contributed by atoms with van der Waals surface area (Å²) >= 11 is 0. The number of hydrogen-bond acceptors (Lipinski definition) is 6. The predicted molar refractivity (Wildman–Crippen MR) is 78.0 cm³/mol. The van der Waals surface area contributed by atoms with Crippen LogP contribution in [-0.2, 0) is 0 Å². The number of nitrogens with zero attached hydrogens (tertiary/aromatic N) is 2. The molecule has 3 amide bonds. The number of carbonyl (C=O) groups is 2. The third-order valence-corrected chi connectivity index (χ3v) is 2.79. The number of oxazole rings is 1. The zero-order valence-electron chi connectivity index (χ0n) is 12.6. The molecule has 0 radical (unpaired) electrons. The molecule has 1 aromatic carbocycles. The quantitative estimate of drug-likeness (QED) is 0.540. The largest absolute Gasteiger partial charge is 0.425 e. The van der Waals surface area contributed by atoms with Crippen LogP contribution in [-0.4, -0.2) is 39.8 Å². The standard InChI is InChI=1S/C14H15FN4O5/c1-8(7-19(22)14(16)21)18-12(20)13-17-6-11(24-13)23-10-4-2-9(15)3-5-10/h2-6,8,22H,7H2,1H3,(H2,16,21)(H,18,20). The lowest BCUT2D eigenvalue weighted by atomic mass is 10.3. The highest BCUT2D eigenvalue weighted by molar-refractivity contribution is 5.89. The average Bonchev–Trinajstić information content (AvgIpc) is 2.98. The number of primary amides is 1. The Labute approximate surface area is 135 Å². The molecule has 0 aliphatic rings. The number of amides is 3. The van der Waals surface area contributed by atoms with E-state index in [9.17, 15) is 19.2 Å². The molecular weight excluding hydrogens is 323 g/mol. The molecule has 9 nitrogen and oxygen atoms in total. The van der Waals surface area contributed by atoms with Crippen LogP contribution in [0.2, 0.25) is 0 Å². The zero-order valence-corrected chi connectivity index (χ0v) is 12.6. The Bertz CT molecular complexity index is 718. The molecular formula is C14H15FN4O5.